The second-order valence-electron chi connectivity index (χ2n) is 5.10. The summed E-state index contributed by atoms with van der Waals surface area (Å²) < 4.78 is 5.30. The van der Waals surface area contributed by atoms with E-state index in [0.29, 0.717) is 12.6 Å². The molecule has 2 N–H and O–H groups in total. The van der Waals surface area contributed by atoms with Gasteiger partial charge >= 0.3 is 0 Å². The maximum atomic E-state index is 9.72. The predicted molar refractivity (Wildman–Crippen MR) is 72.5 cm³/mol. The van der Waals surface area contributed by atoms with Gasteiger partial charge in [-0.15, -0.1) is 0 Å². The number of nitrogens with one attached hydrogen (secondary N) is 1. The van der Waals surface area contributed by atoms with Crippen LogP contribution in [0.25, 0.3) is 0 Å². The maximum absolute atomic E-state index is 9.72. The van der Waals surface area contributed by atoms with Gasteiger partial charge in [0.05, 0.1) is 18.8 Å². The molecule has 18 heavy (non-hydrogen) atoms. The highest BCUT2D eigenvalue weighted by Crippen LogP contribution is 2.22. The lowest BCUT2D eigenvalue weighted by atomic mass is 9.92. The molecule has 0 amide bonds. The zero-order valence-electron chi connectivity index (χ0n) is 11.0. The molecule has 0 heterocycles. The van der Waals surface area contributed by atoms with Crippen molar-refractivity contribution >= 4 is 0 Å². The van der Waals surface area contributed by atoms with Gasteiger partial charge in [-0.2, -0.15) is 0 Å². The van der Waals surface area contributed by atoms with Gasteiger partial charge < -0.3 is 15.2 Å². The zero-order valence-corrected chi connectivity index (χ0v) is 11.0. The molecule has 0 saturated heterocycles. The summed E-state index contributed by atoms with van der Waals surface area (Å²) in [5.41, 5.74) is 1.25. The van der Waals surface area contributed by atoms with Crippen molar-refractivity contribution in [3.8, 4) is 0 Å². The van der Waals surface area contributed by atoms with Crippen LogP contribution in [0.3, 0.4) is 0 Å². The van der Waals surface area contributed by atoms with E-state index < -0.39 is 0 Å². The Bertz CT molecular complexity index is 342. The fourth-order valence-electron chi connectivity index (χ4n) is 2.69. The summed E-state index contributed by atoms with van der Waals surface area (Å²) in [5.74, 6) is 0. The minimum absolute atomic E-state index is 0.143. The number of hydrogen-bond acceptors (Lipinski definition) is 3. The van der Waals surface area contributed by atoms with Crippen LogP contribution in [-0.2, 0) is 4.74 Å². The predicted octanol–water partition coefficient (Wildman–Crippen LogP) is 2.27. The highest BCUT2D eigenvalue weighted by atomic mass is 16.5. The van der Waals surface area contributed by atoms with Crippen LogP contribution >= 0.6 is 0 Å². The van der Waals surface area contributed by atoms with Gasteiger partial charge in [-0.1, -0.05) is 30.3 Å². The number of aliphatic hydroxyl groups is 1. The minimum Gasteiger partial charge on any atom is -0.393 e. The van der Waals surface area contributed by atoms with E-state index in [0.717, 1.165) is 25.7 Å². The summed E-state index contributed by atoms with van der Waals surface area (Å²) in [4.78, 5) is 0. The molecule has 2 rings (SSSR count). The summed E-state index contributed by atoms with van der Waals surface area (Å²) in [6, 6.07) is 11.0. The Morgan fingerprint density at radius 2 is 2.11 bits per heavy atom. The Balaban J connectivity index is 1.97. The molecule has 1 aliphatic carbocycles. The van der Waals surface area contributed by atoms with Crippen molar-refractivity contribution < 1.29 is 9.84 Å². The first-order valence-electron chi connectivity index (χ1n) is 6.77. The summed E-state index contributed by atoms with van der Waals surface area (Å²) in [7, 11) is 1.73. The van der Waals surface area contributed by atoms with Gasteiger partial charge in [-0.25, -0.2) is 0 Å². The first-order chi connectivity index (χ1) is 8.79. The summed E-state index contributed by atoms with van der Waals surface area (Å²) in [6.45, 7) is 0.663. The Kier molecular flexibility index (Phi) is 5.17. The molecule has 1 saturated carbocycles. The number of ether oxygens (including phenoxy) is 1. The molecule has 3 atom stereocenters. The molecule has 0 aliphatic heterocycles. The van der Waals surface area contributed by atoms with Crippen LogP contribution in [0.5, 0.6) is 0 Å². The van der Waals surface area contributed by atoms with E-state index in [1.807, 2.05) is 6.07 Å². The van der Waals surface area contributed by atoms with E-state index in [2.05, 4.69) is 29.6 Å². The lowest BCUT2D eigenvalue weighted by molar-refractivity contribution is 0.0982. The zero-order chi connectivity index (χ0) is 12.8. The lowest BCUT2D eigenvalue weighted by Crippen LogP contribution is -2.39. The molecule has 1 fully saturated rings. The monoisotopic (exact) mass is 249 g/mol. The third-order valence-electron chi connectivity index (χ3n) is 3.62. The summed E-state index contributed by atoms with van der Waals surface area (Å²) >= 11 is 0. The topological polar surface area (TPSA) is 41.5 Å². The second kappa shape index (κ2) is 6.88. The SMILES string of the molecule is COCC(NC1CCCC(O)C1)c1ccccc1. The van der Waals surface area contributed by atoms with Gasteiger partial charge in [-0.3, -0.25) is 0 Å². The first-order valence-corrected chi connectivity index (χ1v) is 6.77. The van der Waals surface area contributed by atoms with Crippen molar-refractivity contribution in [1.82, 2.24) is 5.32 Å². The van der Waals surface area contributed by atoms with Gasteiger partial charge in [0.25, 0.3) is 0 Å². The van der Waals surface area contributed by atoms with Crippen LogP contribution in [0, 0.1) is 0 Å². The first kappa shape index (κ1) is 13.5. The van der Waals surface area contributed by atoms with E-state index in [-0.39, 0.29) is 12.1 Å². The van der Waals surface area contributed by atoms with Crippen LogP contribution in [0.1, 0.15) is 37.3 Å². The van der Waals surface area contributed by atoms with E-state index in [4.69, 9.17) is 4.74 Å². The fourth-order valence-corrected chi connectivity index (χ4v) is 2.69. The quantitative estimate of drug-likeness (QED) is 0.841. The fraction of sp³-hybridized carbons (Fsp3) is 0.600. The van der Waals surface area contributed by atoms with Crippen molar-refractivity contribution in [3.63, 3.8) is 0 Å². The van der Waals surface area contributed by atoms with Crippen LogP contribution in [-0.4, -0.2) is 31.0 Å². The van der Waals surface area contributed by atoms with E-state index in [1.54, 1.807) is 7.11 Å². The number of rotatable bonds is 5. The Labute approximate surface area is 109 Å². The van der Waals surface area contributed by atoms with Crippen molar-refractivity contribution in [2.45, 2.75) is 43.9 Å². The summed E-state index contributed by atoms with van der Waals surface area (Å²) in [5, 5.41) is 13.3. The number of aliphatic hydroxyl groups excluding tert-OH is 1. The highest BCUT2D eigenvalue weighted by molar-refractivity contribution is 5.19. The van der Waals surface area contributed by atoms with Crippen molar-refractivity contribution in [2.75, 3.05) is 13.7 Å². The Morgan fingerprint density at radius 1 is 1.33 bits per heavy atom. The van der Waals surface area contributed by atoms with Gasteiger partial charge in [0, 0.05) is 13.2 Å². The molecule has 0 aromatic heterocycles. The van der Waals surface area contributed by atoms with Gasteiger partial charge in [-0.05, 0) is 31.2 Å². The van der Waals surface area contributed by atoms with Gasteiger partial charge in [0.15, 0.2) is 0 Å². The molecule has 3 nitrogen and oxygen atoms in total. The van der Waals surface area contributed by atoms with E-state index in [9.17, 15) is 5.11 Å². The Hall–Kier alpha value is -0.900. The van der Waals surface area contributed by atoms with Crippen molar-refractivity contribution in [3.05, 3.63) is 35.9 Å². The third-order valence-corrected chi connectivity index (χ3v) is 3.62. The molecular weight excluding hydrogens is 226 g/mol. The molecule has 0 radical (unpaired) electrons. The van der Waals surface area contributed by atoms with Gasteiger partial charge in [0.2, 0.25) is 0 Å². The summed E-state index contributed by atoms with van der Waals surface area (Å²) in [6.07, 6.45) is 3.90. The molecule has 3 heteroatoms. The van der Waals surface area contributed by atoms with E-state index >= 15 is 0 Å². The standard InChI is InChI=1S/C15H23NO2/c1-18-11-15(12-6-3-2-4-7-12)16-13-8-5-9-14(17)10-13/h2-4,6-7,13-17H,5,8-11H2,1H3. The van der Waals surface area contributed by atoms with Crippen LogP contribution in [0.2, 0.25) is 0 Å². The normalized spacial score (nSPS) is 25.9. The molecule has 1 aromatic carbocycles. The average molecular weight is 249 g/mol. The average Bonchev–Trinajstić information content (AvgIpc) is 2.39. The minimum atomic E-state index is -0.143. The smallest absolute Gasteiger partial charge is 0.0657 e. The molecule has 3 unspecified atom stereocenters. The van der Waals surface area contributed by atoms with Crippen LogP contribution in [0.4, 0.5) is 0 Å². The molecule has 1 aromatic rings. The number of methoxy groups -OCH3 is 1. The molecule has 100 valence electrons. The highest BCUT2D eigenvalue weighted by Gasteiger charge is 2.23. The van der Waals surface area contributed by atoms with Crippen molar-refractivity contribution in [1.29, 1.82) is 0 Å². The maximum Gasteiger partial charge on any atom is 0.0657 e. The third kappa shape index (κ3) is 3.80. The number of hydrogen-bond donors (Lipinski definition) is 2. The molecule has 0 bridgehead atoms. The molecular formula is C15H23NO2. The lowest BCUT2D eigenvalue weighted by Gasteiger charge is -2.30. The van der Waals surface area contributed by atoms with Crippen LogP contribution in [0.15, 0.2) is 30.3 Å². The van der Waals surface area contributed by atoms with E-state index in [1.165, 1.54) is 5.56 Å². The number of benzene rings is 1. The Morgan fingerprint density at radius 3 is 2.78 bits per heavy atom. The molecule has 0 spiro atoms. The van der Waals surface area contributed by atoms with Crippen LogP contribution < -0.4 is 5.32 Å². The largest absolute Gasteiger partial charge is 0.393 e. The van der Waals surface area contributed by atoms with Gasteiger partial charge in [0.1, 0.15) is 0 Å². The molecule has 1 aliphatic rings. The second-order valence-corrected chi connectivity index (χ2v) is 5.10. The van der Waals surface area contributed by atoms with Crippen molar-refractivity contribution in [2.24, 2.45) is 0 Å².